The van der Waals surface area contributed by atoms with E-state index in [0.717, 1.165) is 51.4 Å². The highest BCUT2D eigenvalue weighted by Crippen LogP contribution is 2.43. The number of aliphatic hydroxyl groups excluding tert-OH is 1. The molecule has 2 aromatic heterocycles. The summed E-state index contributed by atoms with van der Waals surface area (Å²) in [6.45, 7) is 7.49. The Bertz CT molecular complexity index is 1330. The van der Waals surface area contributed by atoms with Crippen molar-refractivity contribution in [3.63, 3.8) is 0 Å². The molecular formula is C26H30F3N5O3. The molecule has 5 rings (SSSR count). The Hall–Kier alpha value is -3.18. The Balaban J connectivity index is 1.52. The summed E-state index contributed by atoms with van der Waals surface area (Å²) in [5, 5.41) is 21.8. The first-order chi connectivity index (χ1) is 17.6. The average Bonchev–Trinajstić information content (AvgIpc) is 3.31. The minimum atomic E-state index is -3.73. The van der Waals surface area contributed by atoms with E-state index < -0.39 is 29.4 Å². The Morgan fingerprint density at radius 1 is 1.24 bits per heavy atom. The molecule has 0 bridgehead atoms. The van der Waals surface area contributed by atoms with Crippen LogP contribution in [-0.2, 0) is 10.7 Å². The fourth-order valence-electron chi connectivity index (χ4n) is 5.07. The number of nitrogens with zero attached hydrogens (tertiary/aromatic N) is 4. The molecule has 2 N–H and O–H groups in total. The number of methoxy groups -OCH3 is 1. The van der Waals surface area contributed by atoms with Crippen LogP contribution in [-0.4, -0.2) is 59.8 Å². The number of nitrogens with one attached hydrogen (secondary N) is 1. The molecule has 11 heteroatoms. The number of hydrogen-bond acceptors (Lipinski definition) is 8. The van der Waals surface area contributed by atoms with Crippen molar-refractivity contribution in [3.05, 3.63) is 46.9 Å². The van der Waals surface area contributed by atoms with Gasteiger partial charge in [-0.25, -0.2) is 9.37 Å². The van der Waals surface area contributed by atoms with Crippen molar-refractivity contribution in [2.24, 2.45) is 5.41 Å². The molecule has 2 atom stereocenters. The van der Waals surface area contributed by atoms with Crippen LogP contribution >= 0.6 is 0 Å². The van der Waals surface area contributed by atoms with Crippen LogP contribution in [0.4, 0.5) is 24.7 Å². The third-order valence-corrected chi connectivity index (χ3v) is 7.39. The van der Waals surface area contributed by atoms with Gasteiger partial charge in [-0.1, -0.05) is 12.1 Å². The van der Waals surface area contributed by atoms with Crippen LogP contribution in [0.3, 0.4) is 0 Å². The lowest BCUT2D eigenvalue weighted by molar-refractivity contribution is -0.108. The van der Waals surface area contributed by atoms with E-state index in [-0.39, 0.29) is 11.0 Å². The number of aryl methyl sites for hydroxylation is 1. The number of ether oxygens (including phenoxy) is 2. The second-order valence-corrected chi connectivity index (χ2v) is 10.1. The van der Waals surface area contributed by atoms with Crippen molar-refractivity contribution in [1.82, 2.24) is 15.2 Å². The number of fused-ring (bicyclic) bond motifs is 1. The molecule has 3 aromatic rings. The van der Waals surface area contributed by atoms with Gasteiger partial charge in [-0.2, -0.15) is 13.9 Å². The molecule has 1 spiro atoms. The van der Waals surface area contributed by atoms with E-state index in [2.05, 4.69) is 20.4 Å². The first kappa shape index (κ1) is 25.5. The molecule has 198 valence electrons. The minimum Gasteiger partial charge on any atom is -0.480 e. The third-order valence-electron chi connectivity index (χ3n) is 7.39. The number of aliphatic hydroxyl groups is 1. The van der Waals surface area contributed by atoms with Gasteiger partial charge in [0.05, 0.1) is 37.6 Å². The van der Waals surface area contributed by atoms with Gasteiger partial charge < -0.3 is 24.8 Å². The first-order valence-electron chi connectivity index (χ1n) is 12.2. The largest absolute Gasteiger partial charge is 0.480 e. The van der Waals surface area contributed by atoms with E-state index in [9.17, 15) is 13.9 Å². The number of pyridine rings is 1. The maximum atomic E-state index is 15.2. The predicted molar refractivity (Wildman–Crippen MR) is 133 cm³/mol. The van der Waals surface area contributed by atoms with Gasteiger partial charge in [-0.05, 0) is 39.3 Å². The second-order valence-electron chi connectivity index (χ2n) is 10.1. The van der Waals surface area contributed by atoms with Gasteiger partial charge in [0.25, 0.3) is 0 Å². The minimum absolute atomic E-state index is 0.0153. The van der Waals surface area contributed by atoms with Crippen molar-refractivity contribution in [2.75, 3.05) is 43.6 Å². The fourth-order valence-corrected chi connectivity index (χ4v) is 5.07. The monoisotopic (exact) mass is 517 g/mol. The zero-order chi connectivity index (χ0) is 26.5. The zero-order valence-electron chi connectivity index (χ0n) is 21.2. The molecule has 2 aliphatic heterocycles. The molecule has 4 heterocycles. The Morgan fingerprint density at radius 2 is 2.00 bits per heavy atom. The highest BCUT2D eigenvalue weighted by molar-refractivity contribution is 5.93. The van der Waals surface area contributed by atoms with Crippen molar-refractivity contribution < 1.29 is 27.8 Å². The molecule has 2 fully saturated rings. The predicted octanol–water partition coefficient (Wildman–Crippen LogP) is 4.35. The van der Waals surface area contributed by atoms with Crippen LogP contribution < -0.4 is 15.0 Å². The number of aromatic nitrogens is 3. The normalized spacial score (nSPS) is 18.6. The van der Waals surface area contributed by atoms with Crippen LogP contribution in [0.15, 0.2) is 24.3 Å². The molecule has 0 radical (unpaired) electrons. The van der Waals surface area contributed by atoms with Gasteiger partial charge in [0.1, 0.15) is 23.1 Å². The molecule has 2 saturated heterocycles. The van der Waals surface area contributed by atoms with Crippen LogP contribution in [0.2, 0.25) is 0 Å². The lowest BCUT2D eigenvalue weighted by Crippen LogP contribution is -2.44. The first-order valence-corrected chi connectivity index (χ1v) is 12.2. The highest BCUT2D eigenvalue weighted by Gasteiger charge is 2.45. The van der Waals surface area contributed by atoms with Crippen LogP contribution in [0.5, 0.6) is 5.88 Å². The number of rotatable bonds is 7. The van der Waals surface area contributed by atoms with E-state index in [0.29, 0.717) is 28.3 Å². The number of alkyl halides is 2. The van der Waals surface area contributed by atoms with E-state index in [1.54, 1.807) is 21.0 Å². The Kier molecular flexibility index (Phi) is 6.39. The summed E-state index contributed by atoms with van der Waals surface area (Å²) in [6, 6.07) is 4.95. The Labute approximate surface area is 212 Å². The molecule has 0 amide bonds. The molecule has 2 aliphatic rings. The SMILES string of the molecule is COc1nc2c(C)nnc(N[C@H](C)c3cccc(C(F)(F)C(C)O)c3F)c2cc1N1CCC2(COC2)C1. The average molecular weight is 518 g/mol. The van der Waals surface area contributed by atoms with Crippen molar-refractivity contribution in [2.45, 2.75) is 45.3 Å². The number of hydrogen-bond donors (Lipinski definition) is 2. The maximum absolute atomic E-state index is 15.2. The van der Waals surface area contributed by atoms with E-state index in [1.807, 2.05) is 6.07 Å². The molecule has 37 heavy (non-hydrogen) atoms. The molecule has 1 aromatic carbocycles. The summed E-state index contributed by atoms with van der Waals surface area (Å²) in [5.74, 6) is -4.00. The van der Waals surface area contributed by atoms with Gasteiger partial charge in [0.2, 0.25) is 5.88 Å². The second kappa shape index (κ2) is 9.29. The van der Waals surface area contributed by atoms with Crippen molar-refractivity contribution in [3.8, 4) is 5.88 Å². The van der Waals surface area contributed by atoms with E-state index in [1.165, 1.54) is 12.1 Å². The van der Waals surface area contributed by atoms with Gasteiger partial charge in [0, 0.05) is 29.5 Å². The van der Waals surface area contributed by atoms with Gasteiger partial charge in [-0.3, -0.25) is 0 Å². The lowest BCUT2D eigenvalue weighted by Gasteiger charge is -2.37. The van der Waals surface area contributed by atoms with E-state index in [4.69, 9.17) is 14.5 Å². The molecule has 0 saturated carbocycles. The highest BCUT2D eigenvalue weighted by atomic mass is 19.3. The third kappa shape index (κ3) is 4.33. The van der Waals surface area contributed by atoms with Crippen molar-refractivity contribution in [1.29, 1.82) is 0 Å². The van der Waals surface area contributed by atoms with Crippen molar-refractivity contribution >= 4 is 22.4 Å². The summed E-state index contributed by atoms with van der Waals surface area (Å²) < 4.78 is 55.2. The Morgan fingerprint density at radius 3 is 2.62 bits per heavy atom. The maximum Gasteiger partial charge on any atom is 0.301 e. The van der Waals surface area contributed by atoms with Gasteiger partial charge >= 0.3 is 5.92 Å². The molecule has 8 nitrogen and oxygen atoms in total. The number of halogens is 3. The lowest BCUT2D eigenvalue weighted by atomic mass is 9.85. The summed E-state index contributed by atoms with van der Waals surface area (Å²) in [5.41, 5.74) is 1.28. The molecular weight excluding hydrogens is 487 g/mol. The quantitative estimate of drug-likeness (QED) is 0.478. The van der Waals surface area contributed by atoms with Crippen LogP contribution in [0, 0.1) is 18.2 Å². The van der Waals surface area contributed by atoms with E-state index >= 15 is 4.39 Å². The topological polar surface area (TPSA) is 92.6 Å². The molecule has 1 unspecified atom stereocenters. The fraction of sp³-hybridized carbons (Fsp3) is 0.500. The summed E-state index contributed by atoms with van der Waals surface area (Å²) >= 11 is 0. The van der Waals surface area contributed by atoms with Gasteiger partial charge in [0.15, 0.2) is 5.82 Å². The zero-order valence-corrected chi connectivity index (χ0v) is 21.2. The summed E-state index contributed by atoms with van der Waals surface area (Å²) in [4.78, 5) is 6.94. The smallest absolute Gasteiger partial charge is 0.301 e. The van der Waals surface area contributed by atoms with Gasteiger partial charge in [-0.15, -0.1) is 5.10 Å². The van der Waals surface area contributed by atoms with Crippen LogP contribution in [0.1, 0.15) is 43.1 Å². The summed E-state index contributed by atoms with van der Waals surface area (Å²) in [7, 11) is 1.57. The van der Waals surface area contributed by atoms with Crippen LogP contribution in [0.25, 0.3) is 10.9 Å². The number of benzene rings is 1. The standard InChI is InChI=1S/C26H30F3N5O3/c1-14(17-6-5-7-19(21(17)27)26(28,29)16(3)35)30-23-18-10-20(34-9-8-25(11-34)12-37-13-25)24(36-4)31-22(18)15(2)32-33-23/h5-7,10,14,16,35H,8-9,11-13H2,1-4H3,(H,30,33)/t14-,16?/m1/s1. The summed E-state index contributed by atoms with van der Waals surface area (Å²) in [6.07, 6.45) is -1.03. The number of anilines is 2. The molecule has 0 aliphatic carbocycles.